The van der Waals surface area contributed by atoms with Crippen LogP contribution in [0, 0.1) is 6.92 Å². The molecule has 6 nitrogen and oxygen atoms in total. The number of carbonyl (C=O) groups excluding carboxylic acids is 1. The van der Waals surface area contributed by atoms with E-state index in [1.165, 1.54) is 0 Å². The summed E-state index contributed by atoms with van der Waals surface area (Å²) in [5.41, 5.74) is 2.05. The molecule has 2 rings (SSSR count). The summed E-state index contributed by atoms with van der Waals surface area (Å²) in [6.07, 6.45) is 5.21. The highest BCUT2D eigenvalue weighted by Gasteiger charge is 2.14. The van der Waals surface area contributed by atoms with Crippen LogP contribution in [0.3, 0.4) is 0 Å². The molecule has 1 amide bonds. The molecule has 112 valence electrons. The average Bonchev–Trinajstić information content (AvgIpc) is 2.88. The van der Waals surface area contributed by atoms with E-state index in [0.29, 0.717) is 12.8 Å². The van der Waals surface area contributed by atoms with Crippen LogP contribution in [0.15, 0.2) is 24.7 Å². The molecule has 0 aliphatic heterocycles. The fourth-order valence-corrected chi connectivity index (χ4v) is 2.16. The number of aromatic nitrogens is 4. The van der Waals surface area contributed by atoms with Gasteiger partial charge in [0.05, 0.1) is 11.7 Å². The number of hydrogen-bond acceptors (Lipinski definition) is 4. The van der Waals surface area contributed by atoms with Crippen molar-refractivity contribution in [2.45, 2.75) is 39.2 Å². The van der Waals surface area contributed by atoms with Gasteiger partial charge < -0.3 is 9.88 Å². The Morgan fingerprint density at radius 2 is 2.29 bits per heavy atom. The van der Waals surface area contributed by atoms with Gasteiger partial charge in [0.2, 0.25) is 5.91 Å². The normalized spacial score (nSPS) is 12.1. The summed E-state index contributed by atoms with van der Waals surface area (Å²) >= 11 is 0. The first-order chi connectivity index (χ1) is 10.1. The van der Waals surface area contributed by atoms with Crippen LogP contribution in [-0.2, 0) is 18.3 Å². The molecule has 0 radical (unpaired) electrons. The quantitative estimate of drug-likeness (QED) is 0.878. The van der Waals surface area contributed by atoms with E-state index in [4.69, 9.17) is 0 Å². The van der Waals surface area contributed by atoms with Gasteiger partial charge in [0, 0.05) is 26.1 Å². The largest absolute Gasteiger partial charge is 0.348 e. The zero-order valence-electron chi connectivity index (χ0n) is 12.7. The second-order valence-corrected chi connectivity index (χ2v) is 5.14. The van der Waals surface area contributed by atoms with Crippen LogP contribution in [-0.4, -0.2) is 25.7 Å². The van der Waals surface area contributed by atoms with Crippen molar-refractivity contribution in [2.75, 3.05) is 0 Å². The maximum Gasteiger partial charge on any atom is 0.220 e. The van der Waals surface area contributed by atoms with Gasteiger partial charge in [-0.25, -0.2) is 0 Å². The van der Waals surface area contributed by atoms with Gasteiger partial charge in [-0.1, -0.05) is 6.92 Å². The van der Waals surface area contributed by atoms with Crippen molar-refractivity contribution < 1.29 is 4.79 Å². The monoisotopic (exact) mass is 287 g/mol. The van der Waals surface area contributed by atoms with Gasteiger partial charge in [0.15, 0.2) is 0 Å². The molecule has 0 aliphatic carbocycles. The Hall–Kier alpha value is -2.24. The first kappa shape index (κ1) is 15.2. The molecule has 0 aromatic carbocycles. The summed E-state index contributed by atoms with van der Waals surface area (Å²) in [6, 6.07) is 3.92. The molecule has 0 saturated heterocycles. The lowest BCUT2D eigenvalue weighted by Crippen LogP contribution is -2.29. The average molecular weight is 287 g/mol. The smallest absolute Gasteiger partial charge is 0.220 e. The Bertz CT molecular complexity index is 608. The summed E-state index contributed by atoms with van der Waals surface area (Å²) in [7, 11) is 1.87. The minimum Gasteiger partial charge on any atom is -0.348 e. The molecule has 0 fully saturated rings. The minimum atomic E-state index is -0.0445. The molecule has 1 N–H and O–H groups in total. The van der Waals surface area contributed by atoms with E-state index in [1.54, 1.807) is 12.5 Å². The van der Waals surface area contributed by atoms with E-state index in [1.807, 2.05) is 37.6 Å². The standard InChI is InChI=1S/C15H21N5O/c1-4-12(13-9-11(2)7-8-16-13)18-15(21)6-5-14-19-17-10-20(14)3/h7-10,12H,4-6H2,1-3H3,(H,18,21)/t12-/m1/s1. The number of nitrogens with one attached hydrogen (secondary N) is 1. The van der Waals surface area contributed by atoms with Gasteiger partial charge in [0.1, 0.15) is 12.2 Å². The van der Waals surface area contributed by atoms with Crippen molar-refractivity contribution in [3.63, 3.8) is 0 Å². The SMILES string of the molecule is CC[C@@H](NC(=O)CCc1nncn1C)c1cc(C)ccn1. The first-order valence-electron chi connectivity index (χ1n) is 7.15. The number of rotatable bonds is 6. The van der Waals surface area contributed by atoms with Crippen LogP contribution < -0.4 is 5.32 Å². The number of aryl methyl sites for hydroxylation is 3. The van der Waals surface area contributed by atoms with Gasteiger partial charge in [-0.3, -0.25) is 9.78 Å². The van der Waals surface area contributed by atoms with Crippen molar-refractivity contribution in [2.24, 2.45) is 7.05 Å². The fraction of sp³-hybridized carbons (Fsp3) is 0.467. The molecular formula is C15H21N5O. The van der Waals surface area contributed by atoms with Gasteiger partial charge in [-0.05, 0) is 31.0 Å². The van der Waals surface area contributed by atoms with E-state index in [2.05, 4.69) is 20.5 Å². The van der Waals surface area contributed by atoms with Crippen molar-refractivity contribution >= 4 is 5.91 Å². The van der Waals surface area contributed by atoms with Gasteiger partial charge in [0.25, 0.3) is 0 Å². The number of carbonyl (C=O) groups is 1. The van der Waals surface area contributed by atoms with Crippen LogP contribution in [0.5, 0.6) is 0 Å². The molecule has 0 saturated carbocycles. The van der Waals surface area contributed by atoms with Crippen LogP contribution in [0.2, 0.25) is 0 Å². The zero-order chi connectivity index (χ0) is 15.2. The Kier molecular flexibility index (Phi) is 5.03. The summed E-state index contributed by atoms with van der Waals surface area (Å²) in [4.78, 5) is 16.4. The topological polar surface area (TPSA) is 72.7 Å². The van der Waals surface area contributed by atoms with Crippen LogP contribution in [0.25, 0.3) is 0 Å². The molecule has 21 heavy (non-hydrogen) atoms. The minimum absolute atomic E-state index is 0.00755. The molecule has 6 heteroatoms. The summed E-state index contributed by atoms with van der Waals surface area (Å²) < 4.78 is 1.83. The molecule has 0 unspecified atom stereocenters. The van der Waals surface area contributed by atoms with Crippen molar-refractivity contribution in [3.8, 4) is 0 Å². The van der Waals surface area contributed by atoms with E-state index in [-0.39, 0.29) is 11.9 Å². The van der Waals surface area contributed by atoms with E-state index < -0.39 is 0 Å². The maximum atomic E-state index is 12.1. The molecule has 0 spiro atoms. The highest BCUT2D eigenvalue weighted by atomic mass is 16.1. The molecular weight excluding hydrogens is 266 g/mol. The third kappa shape index (κ3) is 4.11. The van der Waals surface area contributed by atoms with E-state index >= 15 is 0 Å². The highest BCUT2D eigenvalue weighted by Crippen LogP contribution is 2.15. The summed E-state index contributed by atoms with van der Waals surface area (Å²) in [6.45, 7) is 4.06. The second kappa shape index (κ2) is 6.97. The number of pyridine rings is 1. The third-order valence-electron chi connectivity index (χ3n) is 3.42. The Morgan fingerprint density at radius 1 is 1.48 bits per heavy atom. The third-order valence-corrected chi connectivity index (χ3v) is 3.42. The summed E-state index contributed by atoms with van der Waals surface area (Å²) in [5.74, 6) is 0.819. The predicted octanol–water partition coefficient (Wildman–Crippen LogP) is 1.72. The molecule has 2 aromatic rings. The molecule has 1 atom stereocenters. The highest BCUT2D eigenvalue weighted by molar-refractivity contribution is 5.76. The van der Waals surface area contributed by atoms with Crippen molar-refractivity contribution in [1.29, 1.82) is 0 Å². The Labute approximate surface area is 124 Å². The number of amides is 1. The zero-order valence-corrected chi connectivity index (χ0v) is 12.7. The molecule has 0 aliphatic rings. The lowest BCUT2D eigenvalue weighted by molar-refractivity contribution is -0.121. The number of hydrogen-bond donors (Lipinski definition) is 1. The molecule has 0 bridgehead atoms. The lowest BCUT2D eigenvalue weighted by atomic mass is 10.1. The molecule has 2 heterocycles. The van der Waals surface area contributed by atoms with Crippen LogP contribution in [0.1, 0.15) is 42.9 Å². The number of nitrogens with zero attached hydrogens (tertiary/aromatic N) is 4. The first-order valence-corrected chi connectivity index (χ1v) is 7.15. The fourth-order valence-electron chi connectivity index (χ4n) is 2.16. The van der Waals surface area contributed by atoms with E-state index in [9.17, 15) is 4.79 Å². The lowest BCUT2D eigenvalue weighted by Gasteiger charge is -2.16. The summed E-state index contributed by atoms with van der Waals surface area (Å²) in [5, 5.41) is 10.8. The second-order valence-electron chi connectivity index (χ2n) is 5.14. The Balaban J connectivity index is 1.92. The van der Waals surface area contributed by atoms with Gasteiger partial charge >= 0.3 is 0 Å². The van der Waals surface area contributed by atoms with Crippen LogP contribution >= 0.6 is 0 Å². The van der Waals surface area contributed by atoms with Crippen molar-refractivity contribution in [1.82, 2.24) is 25.1 Å². The molecule has 2 aromatic heterocycles. The maximum absolute atomic E-state index is 12.1. The predicted molar refractivity (Wildman–Crippen MR) is 79.5 cm³/mol. The van der Waals surface area contributed by atoms with Gasteiger partial charge in [-0.15, -0.1) is 10.2 Å². The van der Waals surface area contributed by atoms with E-state index in [0.717, 1.165) is 23.5 Å². The van der Waals surface area contributed by atoms with Crippen LogP contribution in [0.4, 0.5) is 0 Å². The Morgan fingerprint density at radius 3 is 2.90 bits per heavy atom. The van der Waals surface area contributed by atoms with Crippen molar-refractivity contribution in [3.05, 3.63) is 41.7 Å². The van der Waals surface area contributed by atoms with Gasteiger partial charge in [-0.2, -0.15) is 0 Å².